The summed E-state index contributed by atoms with van der Waals surface area (Å²) in [4.78, 5) is 0. The fraction of sp³-hybridized carbons (Fsp3) is 0.625. The SMILES string of the molecule is COc1cccc(OC2CC(N)C23CCCCC3)c1. The van der Waals surface area contributed by atoms with Gasteiger partial charge in [-0.25, -0.2) is 0 Å². The molecule has 2 fully saturated rings. The fourth-order valence-corrected chi connectivity index (χ4v) is 3.69. The van der Waals surface area contributed by atoms with Crippen LogP contribution in [0, 0.1) is 5.41 Å². The highest BCUT2D eigenvalue weighted by Gasteiger charge is 2.54. The van der Waals surface area contributed by atoms with Crippen molar-refractivity contribution >= 4 is 0 Å². The molecule has 0 amide bonds. The Kier molecular flexibility index (Phi) is 3.40. The van der Waals surface area contributed by atoms with Crippen LogP contribution < -0.4 is 15.2 Å². The van der Waals surface area contributed by atoms with Gasteiger partial charge in [0.25, 0.3) is 0 Å². The van der Waals surface area contributed by atoms with Crippen molar-refractivity contribution in [1.82, 2.24) is 0 Å². The largest absolute Gasteiger partial charge is 0.497 e. The summed E-state index contributed by atoms with van der Waals surface area (Å²) in [7, 11) is 1.68. The summed E-state index contributed by atoms with van der Waals surface area (Å²) in [5.41, 5.74) is 6.52. The molecule has 19 heavy (non-hydrogen) atoms. The Balaban J connectivity index is 1.72. The third kappa shape index (κ3) is 2.20. The van der Waals surface area contributed by atoms with E-state index in [0.717, 1.165) is 17.9 Å². The minimum absolute atomic E-state index is 0.237. The van der Waals surface area contributed by atoms with Crippen LogP contribution in [-0.2, 0) is 0 Å². The number of nitrogens with two attached hydrogens (primary N) is 1. The van der Waals surface area contributed by atoms with E-state index in [4.69, 9.17) is 15.2 Å². The smallest absolute Gasteiger partial charge is 0.123 e. The van der Waals surface area contributed by atoms with Crippen LogP contribution in [0.3, 0.4) is 0 Å². The summed E-state index contributed by atoms with van der Waals surface area (Å²) in [6, 6.07) is 8.20. The number of hydrogen-bond acceptors (Lipinski definition) is 3. The number of rotatable bonds is 3. The molecule has 0 saturated heterocycles. The standard InChI is InChI=1S/C16H23NO2/c1-18-12-6-5-7-13(10-12)19-15-11-14(17)16(15)8-3-2-4-9-16/h5-7,10,14-15H,2-4,8-9,11,17H2,1H3. The topological polar surface area (TPSA) is 44.5 Å². The summed E-state index contributed by atoms with van der Waals surface area (Å²) in [6.45, 7) is 0. The zero-order valence-electron chi connectivity index (χ0n) is 11.6. The molecule has 0 aliphatic heterocycles. The molecule has 104 valence electrons. The van der Waals surface area contributed by atoms with Crippen LogP contribution in [0.4, 0.5) is 0 Å². The van der Waals surface area contributed by atoms with Crippen molar-refractivity contribution in [1.29, 1.82) is 0 Å². The quantitative estimate of drug-likeness (QED) is 0.909. The van der Waals surface area contributed by atoms with Crippen LogP contribution >= 0.6 is 0 Å². The number of benzene rings is 1. The second kappa shape index (κ2) is 5.04. The zero-order valence-corrected chi connectivity index (χ0v) is 11.6. The molecule has 1 aromatic carbocycles. The summed E-state index contributed by atoms with van der Waals surface area (Å²) >= 11 is 0. The maximum Gasteiger partial charge on any atom is 0.123 e. The molecule has 2 unspecified atom stereocenters. The van der Waals surface area contributed by atoms with Crippen molar-refractivity contribution < 1.29 is 9.47 Å². The van der Waals surface area contributed by atoms with Crippen molar-refractivity contribution in [2.75, 3.05) is 7.11 Å². The van der Waals surface area contributed by atoms with Gasteiger partial charge in [0, 0.05) is 23.9 Å². The molecule has 2 atom stereocenters. The second-order valence-corrected chi connectivity index (χ2v) is 5.92. The summed E-state index contributed by atoms with van der Waals surface area (Å²) < 4.78 is 11.4. The molecule has 0 aromatic heterocycles. The second-order valence-electron chi connectivity index (χ2n) is 5.92. The van der Waals surface area contributed by atoms with Crippen LogP contribution in [0.5, 0.6) is 11.5 Å². The van der Waals surface area contributed by atoms with Crippen molar-refractivity contribution in [2.24, 2.45) is 11.1 Å². The van der Waals surface area contributed by atoms with E-state index in [1.54, 1.807) is 7.11 Å². The molecule has 2 aliphatic rings. The van der Waals surface area contributed by atoms with Gasteiger partial charge in [-0.3, -0.25) is 0 Å². The predicted molar refractivity (Wildman–Crippen MR) is 75.5 cm³/mol. The van der Waals surface area contributed by atoms with Gasteiger partial charge in [-0.05, 0) is 25.0 Å². The maximum absolute atomic E-state index is 6.28. The molecule has 1 aromatic rings. The Labute approximate surface area is 115 Å². The Hall–Kier alpha value is -1.22. The highest BCUT2D eigenvalue weighted by molar-refractivity contribution is 5.33. The molecule has 1 spiro atoms. The molecule has 2 N–H and O–H groups in total. The highest BCUT2D eigenvalue weighted by Crippen LogP contribution is 2.52. The molecule has 2 aliphatic carbocycles. The van der Waals surface area contributed by atoms with Gasteiger partial charge >= 0.3 is 0 Å². The fourth-order valence-electron chi connectivity index (χ4n) is 3.69. The molecule has 2 saturated carbocycles. The maximum atomic E-state index is 6.28. The van der Waals surface area contributed by atoms with Crippen molar-refractivity contribution in [3.05, 3.63) is 24.3 Å². The van der Waals surface area contributed by atoms with Crippen molar-refractivity contribution in [3.63, 3.8) is 0 Å². The van der Waals surface area contributed by atoms with Crippen LogP contribution in [0.1, 0.15) is 38.5 Å². The van der Waals surface area contributed by atoms with Crippen LogP contribution in [0.15, 0.2) is 24.3 Å². The number of hydrogen-bond donors (Lipinski definition) is 1. The Morgan fingerprint density at radius 3 is 2.58 bits per heavy atom. The van der Waals surface area contributed by atoms with Gasteiger partial charge in [0.2, 0.25) is 0 Å². The van der Waals surface area contributed by atoms with E-state index in [-0.39, 0.29) is 11.5 Å². The molecule has 3 rings (SSSR count). The van der Waals surface area contributed by atoms with E-state index in [1.807, 2.05) is 24.3 Å². The first-order chi connectivity index (χ1) is 9.24. The van der Waals surface area contributed by atoms with Crippen LogP contribution in [0.2, 0.25) is 0 Å². The van der Waals surface area contributed by atoms with Gasteiger partial charge in [-0.2, -0.15) is 0 Å². The molecule has 3 heteroatoms. The normalized spacial score (nSPS) is 28.7. The van der Waals surface area contributed by atoms with Gasteiger partial charge in [-0.1, -0.05) is 25.3 Å². The Bertz CT molecular complexity index is 440. The van der Waals surface area contributed by atoms with E-state index in [0.29, 0.717) is 6.04 Å². The first-order valence-corrected chi connectivity index (χ1v) is 7.31. The average molecular weight is 261 g/mol. The third-order valence-corrected chi connectivity index (χ3v) is 4.95. The van der Waals surface area contributed by atoms with E-state index < -0.39 is 0 Å². The van der Waals surface area contributed by atoms with Crippen molar-refractivity contribution in [2.45, 2.75) is 50.7 Å². The zero-order chi connectivity index (χ0) is 13.3. The van der Waals surface area contributed by atoms with Crippen molar-refractivity contribution in [3.8, 4) is 11.5 Å². The van der Waals surface area contributed by atoms with Gasteiger partial charge in [0.1, 0.15) is 17.6 Å². The van der Waals surface area contributed by atoms with Gasteiger partial charge in [0.05, 0.1) is 7.11 Å². The number of methoxy groups -OCH3 is 1. The minimum atomic E-state index is 0.237. The van der Waals surface area contributed by atoms with Gasteiger partial charge < -0.3 is 15.2 Å². The monoisotopic (exact) mass is 261 g/mol. The average Bonchev–Trinajstić information content (AvgIpc) is 2.48. The molecule has 0 heterocycles. The molecular weight excluding hydrogens is 238 g/mol. The lowest BCUT2D eigenvalue weighted by Crippen LogP contribution is -2.64. The first-order valence-electron chi connectivity index (χ1n) is 7.31. The first kappa shape index (κ1) is 12.8. The Morgan fingerprint density at radius 2 is 1.89 bits per heavy atom. The molecule has 0 radical (unpaired) electrons. The molecular formula is C16H23NO2. The number of ether oxygens (including phenoxy) is 2. The summed E-state index contributed by atoms with van der Waals surface area (Å²) in [5, 5.41) is 0. The minimum Gasteiger partial charge on any atom is -0.497 e. The molecule has 3 nitrogen and oxygen atoms in total. The Morgan fingerprint density at radius 1 is 1.16 bits per heavy atom. The van der Waals surface area contributed by atoms with E-state index in [1.165, 1.54) is 32.1 Å². The van der Waals surface area contributed by atoms with E-state index in [2.05, 4.69) is 0 Å². The third-order valence-electron chi connectivity index (χ3n) is 4.95. The lowest BCUT2D eigenvalue weighted by Gasteiger charge is -2.56. The van der Waals surface area contributed by atoms with Crippen LogP contribution in [-0.4, -0.2) is 19.3 Å². The summed E-state index contributed by atoms with van der Waals surface area (Å²) in [5.74, 6) is 1.75. The lowest BCUT2D eigenvalue weighted by molar-refractivity contribution is -0.0898. The van der Waals surface area contributed by atoms with E-state index in [9.17, 15) is 0 Å². The molecule has 0 bridgehead atoms. The van der Waals surface area contributed by atoms with Crippen LogP contribution in [0.25, 0.3) is 0 Å². The predicted octanol–water partition coefficient (Wildman–Crippen LogP) is 3.12. The highest BCUT2D eigenvalue weighted by atomic mass is 16.5. The lowest BCUT2D eigenvalue weighted by atomic mass is 9.55. The summed E-state index contributed by atoms with van der Waals surface area (Å²) in [6.07, 6.45) is 7.66. The van der Waals surface area contributed by atoms with Gasteiger partial charge in [0.15, 0.2) is 0 Å². The van der Waals surface area contributed by atoms with E-state index >= 15 is 0 Å². The van der Waals surface area contributed by atoms with Gasteiger partial charge in [-0.15, -0.1) is 0 Å².